The zero-order valence-electron chi connectivity index (χ0n) is 9.90. The van der Waals surface area contributed by atoms with Crippen LogP contribution >= 0.6 is 0 Å². The summed E-state index contributed by atoms with van der Waals surface area (Å²) in [5.41, 5.74) is 6.39. The van der Waals surface area contributed by atoms with Crippen LogP contribution < -0.4 is 11.1 Å². The van der Waals surface area contributed by atoms with Gasteiger partial charge in [0.2, 0.25) is 5.91 Å². The van der Waals surface area contributed by atoms with E-state index in [-0.39, 0.29) is 0 Å². The number of amides is 1. The van der Waals surface area contributed by atoms with E-state index < -0.39 is 17.9 Å². The first-order valence-electron chi connectivity index (χ1n) is 5.25. The van der Waals surface area contributed by atoms with Crippen LogP contribution in [0.1, 0.15) is 22.8 Å². The standard InChI is InChI=1S/C12H16N2O3/c1-8(11(13)15)14-7-9-5-3-4-6-10(9)12(16)17-2/h3-6,8,14H,7H2,1-2H3,(H2,13,15). The molecule has 0 aromatic heterocycles. The highest BCUT2D eigenvalue weighted by atomic mass is 16.5. The topological polar surface area (TPSA) is 81.4 Å². The van der Waals surface area contributed by atoms with Crippen LogP contribution in [0.25, 0.3) is 0 Å². The van der Waals surface area contributed by atoms with E-state index in [2.05, 4.69) is 10.1 Å². The molecule has 0 radical (unpaired) electrons. The maximum Gasteiger partial charge on any atom is 0.338 e. The summed E-state index contributed by atoms with van der Waals surface area (Å²) in [4.78, 5) is 22.3. The van der Waals surface area contributed by atoms with Crippen LogP contribution in [0.3, 0.4) is 0 Å². The van der Waals surface area contributed by atoms with Crippen molar-refractivity contribution in [2.24, 2.45) is 5.73 Å². The van der Waals surface area contributed by atoms with Gasteiger partial charge in [0.1, 0.15) is 0 Å². The molecular formula is C12H16N2O3. The first kappa shape index (κ1) is 13.2. The van der Waals surface area contributed by atoms with E-state index in [4.69, 9.17) is 5.73 Å². The second kappa shape index (κ2) is 6.00. The van der Waals surface area contributed by atoms with Gasteiger partial charge in [-0.1, -0.05) is 18.2 Å². The quantitative estimate of drug-likeness (QED) is 0.727. The Balaban J connectivity index is 2.77. The Bertz CT molecular complexity index is 418. The van der Waals surface area contributed by atoms with Crippen molar-refractivity contribution >= 4 is 11.9 Å². The van der Waals surface area contributed by atoms with Gasteiger partial charge in [0, 0.05) is 6.54 Å². The molecule has 0 saturated heterocycles. The number of rotatable bonds is 5. The molecule has 0 aliphatic rings. The van der Waals surface area contributed by atoms with E-state index in [1.54, 1.807) is 25.1 Å². The van der Waals surface area contributed by atoms with E-state index in [9.17, 15) is 9.59 Å². The highest BCUT2D eigenvalue weighted by Gasteiger charge is 2.13. The first-order valence-corrected chi connectivity index (χ1v) is 5.25. The molecule has 0 spiro atoms. The highest BCUT2D eigenvalue weighted by Crippen LogP contribution is 2.10. The Kier molecular flexibility index (Phi) is 4.66. The Morgan fingerprint density at radius 1 is 1.41 bits per heavy atom. The number of primary amides is 1. The van der Waals surface area contributed by atoms with Gasteiger partial charge in [0.25, 0.3) is 0 Å². The second-order valence-electron chi connectivity index (χ2n) is 3.65. The Labute approximate surface area is 99.9 Å². The molecule has 1 unspecified atom stereocenters. The van der Waals surface area contributed by atoms with Crippen LogP contribution in [0, 0.1) is 0 Å². The van der Waals surface area contributed by atoms with Gasteiger partial charge in [-0.3, -0.25) is 4.79 Å². The van der Waals surface area contributed by atoms with Gasteiger partial charge in [-0.15, -0.1) is 0 Å². The Hall–Kier alpha value is -1.88. The zero-order valence-corrected chi connectivity index (χ0v) is 9.90. The van der Waals surface area contributed by atoms with Gasteiger partial charge in [-0.2, -0.15) is 0 Å². The molecule has 0 aliphatic carbocycles. The minimum Gasteiger partial charge on any atom is -0.465 e. The molecule has 17 heavy (non-hydrogen) atoms. The molecule has 0 fully saturated rings. The summed E-state index contributed by atoms with van der Waals surface area (Å²) >= 11 is 0. The fourth-order valence-corrected chi connectivity index (χ4v) is 1.35. The normalized spacial score (nSPS) is 11.9. The fourth-order valence-electron chi connectivity index (χ4n) is 1.35. The number of carbonyl (C=O) groups is 2. The largest absolute Gasteiger partial charge is 0.465 e. The third-order valence-corrected chi connectivity index (χ3v) is 2.45. The highest BCUT2D eigenvalue weighted by molar-refractivity contribution is 5.91. The van der Waals surface area contributed by atoms with E-state index in [0.717, 1.165) is 5.56 Å². The van der Waals surface area contributed by atoms with Crippen LogP contribution in [0.5, 0.6) is 0 Å². The van der Waals surface area contributed by atoms with Crippen molar-refractivity contribution in [3.8, 4) is 0 Å². The number of esters is 1. The summed E-state index contributed by atoms with van der Waals surface area (Å²) in [5.74, 6) is -0.824. The number of benzene rings is 1. The number of hydrogen-bond donors (Lipinski definition) is 2. The van der Waals surface area contributed by atoms with Crippen molar-refractivity contribution < 1.29 is 14.3 Å². The molecule has 1 amide bonds. The number of nitrogens with two attached hydrogens (primary N) is 1. The van der Waals surface area contributed by atoms with Crippen LogP contribution in [-0.4, -0.2) is 25.0 Å². The molecule has 1 rings (SSSR count). The molecule has 5 nitrogen and oxygen atoms in total. The lowest BCUT2D eigenvalue weighted by molar-refractivity contribution is -0.119. The predicted octanol–water partition coefficient (Wildman–Crippen LogP) is 0.437. The van der Waals surface area contributed by atoms with Gasteiger partial charge < -0.3 is 15.8 Å². The van der Waals surface area contributed by atoms with Gasteiger partial charge in [-0.05, 0) is 18.6 Å². The summed E-state index contributed by atoms with van der Waals surface area (Å²) in [7, 11) is 1.33. The summed E-state index contributed by atoms with van der Waals surface area (Å²) < 4.78 is 4.67. The zero-order chi connectivity index (χ0) is 12.8. The average Bonchev–Trinajstić information content (AvgIpc) is 2.35. The predicted molar refractivity (Wildman–Crippen MR) is 63.3 cm³/mol. The molecular weight excluding hydrogens is 220 g/mol. The van der Waals surface area contributed by atoms with E-state index in [0.29, 0.717) is 12.1 Å². The third-order valence-electron chi connectivity index (χ3n) is 2.45. The lowest BCUT2D eigenvalue weighted by atomic mass is 10.1. The fraction of sp³-hybridized carbons (Fsp3) is 0.333. The molecule has 0 bridgehead atoms. The number of carbonyl (C=O) groups excluding carboxylic acids is 2. The lowest BCUT2D eigenvalue weighted by Gasteiger charge is -2.12. The third kappa shape index (κ3) is 3.57. The van der Waals surface area contributed by atoms with Crippen LogP contribution in [-0.2, 0) is 16.1 Å². The van der Waals surface area contributed by atoms with E-state index >= 15 is 0 Å². The minimum atomic E-state index is -0.444. The Morgan fingerprint density at radius 3 is 2.65 bits per heavy atom. The van der Waals surface area contributed by atoms with Gasteiger partial charge in [-0.25, -0.2) is 4.79 Å². The van der Waals surface area contributed by atoms with Gasteiger partial charge in [0.15, 0.2) is 0 Å². The summed E-state index contributed by atoms with van der Waals surface area (Å²) in [6.07, 6.45) is 0. The maximum absolute atomic E-state index is 11.5. The van der Waals surface area contributed by atoms with E-state index in [1.807, 2.05) is 6.07 Å². The first-order chi connectivity index (χ1) is 8.06. The molecule has 92 valence electrons. The number of ether oxygens (including phenoxy) is 1. The average molecular weight is 236 g/mol. The van der Waals surface area contributed by atoms with Crippen LogP contribution in [0.4, 0.5) is 0 Å². The van der Waals surface area contributed by atoms with Crippen LogP contribution in [0.15, 0.2) is 24.3 Å². The van der Waals surface area contributed by atoms with Crippen molar-refractivity contribution in [2.75, 3.05) is 7.11 Å². The monoisotopic (exact) mass is 236 g/mol. The second-order valence-corrected chi connectivity index (χ2v) is 3.65. The van der Waals surface area contributed by atoms with Gasteiger partial charge in [0.05, 0.1) is 18.7 Å². The molecule has 0 aliphatic heterocycles. The van der Waals surface area contributed by atoms with Crippen molar-refractivity contribution in [3.05, 3.63) is 35.4 Å². The summed E-state index contributed by atoms with van der Waals surface area (Å²) in [5, 5.41) is 2.94. The van der Waals surface area contributed by atoms with E-state index in [1.165, 1.54) is 7.11 Å². The van der Waals surface area contributed by atoms with Crippen molar-refractivity contribution in [1.82, 2.24) is 5.32 Å². The molecule has 3 N–H and O–H groups in total. The van der Waals surface area contributed by atoms with Crippen molar-refractivity contribution in [2.45, 2.75) is 19.5 Å². The summed E-state index contributed by atoms with van der Waals surface area (Å²) in [6, 6.07) is 6.61. The number of hydrogen-bond acceptors (Lipinski definition) is 4. The smallest absolute Gasteiger partial charge is 0.338 e. The summed E-state index contributed by atoms with van der Waals surface area (Å²) in [6.45, 7) is 2.05. The SMILES string of the molecule is COC(=O)c1ccccc1CNC(C)C(N)=O. The van der Waals surface area contributed by atoms with Crippen LogP contribution in [0.2, 0.25) is 0 Å². The molecule has 1 aromatic rings. The molecule has 1 atom stereocenters. The minimum absolute atomic E-state index is 0.384. The number of nitrogens with one attached hydrogen (secondary N) is 1. The molecule has 0 saturated carbocycles. The number of methoxy groups -OCH3 is 1. The lowest BCUT2D eigenvalue weighted by Crippen LogP contribution is -2.38. The molecule has 1 aromatic carbocycles. The van der Waals surface area contributed by atoms with Crippen molar-refractivity contribution in [3.63, 3.8) is 0 Å². The van der Waals surface area contributed by atoms with Gasteiger partial charge >= 0.3 is 5.97 Å². The van der Waals surface area contributed by atoms with Crippen molar-refractivity contribution in [1.29, 1.82) is 0 Å². The molecule has 5 heteroatoms. The Morgan fingerprint density at radius 2 is 2.06 bits per heavy atom. The maximum atomic E-state index is 11.5. The molecule has 0 heterocycles.